The summed E-state index contributed by atoms with van der Waals surface area (Å²) in [6, 6.07) is 15.5. The lowest BCUT2D eigenvalue weighted by molar-refractivity contribution is -0.128. The minimum atomic E-state index is -0.208. The highest BCUT2D eigenvalue weighted by atomic mass is 16.6. The van der Waals surface area contributed by atoms with Crippen LogP contribution >= 0.6 is 0 Å². The average molecular weight is 670 g/mol. The summed E-state index contributed by atoms with van der Waals surface area (Å²) in [4.78, 5) is 30.8. The van der Waals surface area contributed by atoms with Crippen molar-refractivity contribution in [2.45, 2.75) is 96.2 Å². The number of nitrogens with one attached hydrogen (secondary N) is 1. The van der Waals surface area contributed by atoms with E-state index >= 15 is 0 Å². The van der Waals surface area contributed by atoms with Crippen LogP contribution < -0.4 is 10.1 Å². The van der Waals surface area contributed by atoms with E-state index < -0.39 is 0 Å². The molecule has 1 atom stereocenters. The molecule has 2 aromatic carbocycles. The van der Waals surface area contributed by atoms with E-state index in [2.05, 4.69) is 91.8 Å². The summed E-state index contributed by atoms with van der Waals surface area (Å²) < 4.78 is 13.4. The minimum absolute atomic E-state index is 0.0704. The number of likely N-dealkylation sites (N-methyl/N-ethyl adjacent to an activating group) is 1. The van der Waals surface area contributed by atoms with Gasteiger partial charge in [0.2, 0.25) is 5.91 Å². The molecule has 1 aliphatic heterocycles. The topological polar surface area (TPSA) is 88.9 Å². The molecule has 0 radical (unpaired) electrons. The van der Waals surface area contributed by atoms with Crippen LogP contribution in [0.15, 0.2) is 54.9 Å². The zero-order chi connectivity index (χ0) is 34.5. The number of benzene rings is 2. The van der Waals surface area contributed by atoms with Crippen LogP contribution in [-0.4, -0.2) is 78.0 Å². The van der Waals surface area contributed by atoms with Gasteiger partial charge in [-0.2, -0.15) is 5.10 Å². The first kappa shape index (κ1) is 35.0. The maximum absolute atomic E-state index is 14.0. The molecule has 0 bridgehead atoms. The molecule has 6 rings (SSSR count). The predicted octanol–water partition coefficient (Wildman–Crippen LogP) is 7.52. The van der Waals surface area contributed by atoms with Gasteiger partial charge in [-0.1, -0.05) is 30.3 Å². The fourth-order valence-electron chi connectivity index (χ4n) is 8.02. The molecule has 1 aromatic heterocycles. The Morgan fingerprint density at radius 2 is 1.63 bits per heavy atom. The summed E-state index contributed by atoms with van der Waals surface area (Å²) in [7, 11) is 3.80. The molecule has 9 heteroatoms. The average Bonchev–Trinajstić information content (AvgIpc) is 3.63. The molecule has 1 unspecified atom stereocenters. The van der Waals surface area contributed by atoms with Crippen molar-refractivity contribution in [3.63, 3.8) is 0 Å². The summed E-state index contributed by atoms with van der Waals surface area (Å²) in [5.41, 5.74) is 5.92. The molecule has 3 fully saturated rings. The normalized spacial score (nSPS) is 24.0. The van der Waals surface area contributed by atoms with Crippen molar-refractivity contribution in [1.82, 2.24) is 24.9 Å². The van der Waals surface area contributed by atoms with E-state index in [1.165, 1.54) is 11.1 Å². The zero-order valence-corrected chi connectivity index (χ0v) is 30.1. The number of amides is 2. The Bertz CT molecular complexity index is 1560. The number of methoxy groups -OCH3 is 1. The Balaban J connectivity index is 1.13. The van der Waals surface area contributed by atoms with E-state index in [4.69, 9.17) is 9.47 Å². The molecule has 264 valence electrons. The Hall–Kier alpha value is -3.85. The Labute approximate surface area is 292 Å². The Morgan fingerprint density at radius 3 is 2.29 bits per heavy atom. The third-order valence-corrected chi connectivity index (χ3v) is 11.2. The first-order valence-electron chi connectivity index (χ1n) is 18.4. The number of rotatable bonds is 9. The highest BCUT2D eigenvalue weighted by Gasteiger charge is 2.35. The van der Waals surface area contributed by atoms with E-state index in [1.807, 2.05) is 15.8 Å². The number of ether oxygens (including phenoxy) is 2. The highest BCUT2D eigenvalue weighted by molar-refractivity contribution is 5.79. The zero-order valence-electron chi connectivity index (χ0n) is 30.1. The van der Waals surface area contributed by atoms with Crippen molar-refractivity contribution in [3.8, 4) is 16.9 Å². The quantitative estimate of drug-likeness (QED) is 0.254. The van der Waals surface area contributed by atoms with E-state index in [9.17, 15) is 9.59 Å². The van der Waals surface area contributed by atoms with Gasteiger partial charge in [0.25, 0.3) is 0 Å². The summed E-state index contributed by atoms with van der Waals surface area (Å²) in [6.45, 7) is 9.53. The lowest BCUT2D eigenvalue weighted by Crippen LogP contribution is -2.48. The van der Waals surface area contributed by atoms with Crippen LogP contribution in [0.25, 0.3) is 11.1 Å². The second-order valence-electron chi connectivity index (χ2n) is 14.9. The van der Waals surface area contributed by atoms with Gasteiger partial charge in [0.1, 0.15) is 11.9 Å². The van der Waals surface area contributed by atoms with Crippen molar-refractivity contribution in [2.24, 2.45) is 11.8 Å². The standard InChI is InChI=1S/C40H55N5O4/c1-27(2)45-26-35(25-41-45)32-7-6-8-34(24-32)38(30-11-9-29(10-12-30)33-15-18-37(48-5)28(3)23-33)42-39(46)31-13-16-36(17-14-31)49-40(47)44-21-19-43(4)20-22-44/h6-8,15,18,23-27,29-31,36,38H,9-14,16-17,19-22H2,1-5H3,(H,42,46). The van der Waals surface area contributed by atoms with Crippen molar-refractivity contribution in [1.29, 1.82) is 0 Å². The first-order valence-corrected chi connectivity index (χ1v) is 18.4. The SMILES string of the molecule is COc1ccc(C2CCC(C(NC(=O)C3CCC(OC(=O)N4CCN(C)CC4)CC3)c3cccc(-c4cnn(C(C)C)c4)c3)CC2)cc1C. The summed E-state index contributed by atoms with van der Waals surface area (Å²) >= 11 is 0. The van der Waals surface area contributed by atoms with Gasteiger partial charge in [-0.3, -0.25) is 9.48 Å². The Morgan fingerprint density at radius 1 is 0.898 bits per heavy atom. The molecular weight excluding hydrogens is 614 g/mol. The number of aromatic nitrogens is 2. The molecule has 1 N–H and O–H groups in total. The van der Waals surface area contributed by atoms with Crippen LogP contribution in [0.4, 0.5) is 4.79 Å². The molecule has 49 heavy (non-hydrogen) atoms. The molecule has 2 amide bonds. The van der Waals surface area contributed by atoms with E-state index in [0.29, 0.717) is 31.0 Å². The van der Waals surface area contributed by atoms with Crippen LogP contribution in [-0.2, 0) is 9.53 Å². The van der Waals surface area contributed by atoms with Gasteiger partial charge in [-0.25, -0.2) is 4.79 Å². The smallest absolute Gasteiger partial charge is 0.410 e. The molecule has 9 nitrogen and oxygen atoms in total. The minimum Gasteiger partial charge on any atom is -0.496 e. The van der Waals surface area contributed by atoms with Crippen molar-refractivity contribution in [3.05, 3.63) is 71.5 Å². The second kappa shape index (κ2) is 15.8. The van der Waals surface area contributed by atoms with Crippen LogP contribution in [0.5, 0.6) is 5.75 Å². The highest BCUT2D eigenvalue weighted by Crippen LogP contribution is 2.43. The van der Waals surface area contributed by atoms with Gasteiger partial charge >= 0.3 is 6.09 Å². The predicted molar refractivity (Wildman–Crippen MR) is 193 cm³/mol. The third kappa shape index (κ3) is 8.48. The molecule has 2 heterocycles. The second-order valence-corrected chi connectivity index (χ2v) is 14.9. The number of nitrogens with zero attached hydrogens (tertiary/aromatic N) is 4. The molecule has 1 saturated heterocycles. The maximum Gasteiger partial charge on any atom is 0.410 e. The fourth-order valence-corrected chi connectivity index (χ4v) is 8.02. The largest absolute Gasteiger partial charge is 0.496 e. The lowest BCUT2D eigenvalue weighted by atomic mass is 9.74. The number of carbonyl (C=O) groups is 2. The number of hydrogen-bond donors (Lipinski definition) is 1. The summed E-state index contributed by atoms with van der Waals surface area (Å²) in [5, 5.41) is 8.14. The van der Waals surface area contributed by atoms with Gasteiger partial charge in [-0.05, 0) is 125 Å². The molecular formula is C40H55N5O4. The molecule has 3 aromatic rings. The van der Waals surface area contributed by atoms with E-state index in [1.54, 1.807) is 7.11 Å². The van der Waals surface area contributed by atoms with Gasteiger partial charge in [-0.15, -0.1) is 0 Å². The van der Waals surface area contributed by atoms with E-state index in [-0.39, 0.29) is 30.1 Å². The van der Waals surface area contributed by atoms with Gasteiger partial charge in [0.15, 0.2) is 0 Å². The molecule has 2 aliphatic carbocycles. The first-order chi connectivity index (χ1) is 23.7. The van der Waals surface area contributed by atoms with Gasteiger partial charge in [0, 0.05) is 49.9 Å². The van der Waals surface area contributed by atoms with Gasteiger partial charge < -0.3 is 24.6 Å². The lowest BCUT2D eigenvalue weighted by Gasteiger charge is -2.37. The van der Waals surface area contributed by atoms with Crippen molar-refractivity contribution in [2.75, 3.05) is 40.3 Å². The van der Waals surface area contributed by atoms with Crippen molar-refractivity contribution < 1.29 is 19.1 Å². The summed E-state index contributed by atoms with van der Waals surface area (Å²) in [6.07, 6.45) is 10.9. The summed E-state index contributed by atoms with van der Waals surface area (Å²) in [5.74, 6) is 1.83. The number of hydrogen-bond acceptors (Lipinski definition) is 6. The molecule has 3 aliphatic rings. The van der Waals surface area contributed by atoms with Crippen LogP contribution in [0.2, 0.25) is 0 Å². The fraction of sp³-hybridized carbons (Fsp3) is 0.575. The third-order valence-electron chi connectivity index (χ3n) is 11.2. The number of piperazine rings is 1. The maximum atomic E-state index is 14.0. The molecule has 2 saturated carbocycles. The van der Waals surface area contributed by atoms with Crippen molar-refractivity contribution >= 4 is 12.0 Å². The van der Waals surface area contributed by atoms with Gasteiger partial charge in [0.05, 0.1) is 19.3 Å². The van der Waals surface area contributed by atoms with Crippen LogP contribution in [0, 0.1) is 18.8 Å². The number of aryl methyl sites for hydroxylation is 1. The van der Waals surface area contributed by atoms with E-state index in [0.717, 1.165) is 86.9 Å². The Kier molecular flexibility index (Phi) is 11.3. The number of carbonyl (C=O) groups excluding carboxylic acids is 2. The monoisotopic (exact) mass is 669 g/mol. The van der Waals surface area contributed by atoms with Crippen LogP contribution in [0.1, 0.15) is 99.9 Å². The molecule has 0 spiro atoms. The van der Waals surface area contributed by atoms with Crippen LogP contribution in [0.3, 0.4) is 0 Å².